The van der Waals surface area contributed by atoms with Gasteiger partial charge in [0.05, 0.1) is 0 Å². The molecule has 7 nitrogen and oxygen atoms in total. The second kappa shape index (κ2) is 9.96. The molecule has 0 radical (unpaired) electrons. The second-order valence-electron chi connectivity index (χ2n) is 5.65. The number of hydrogen-bond donors (Lipinski definition) is 2. The molecule has 0 saturated heterocycles. The predicted molar refractivity (Wildman–Crippen MR) is 101 cm³/mol. The predicted octanol–water partition coefficient (Wildman–Crippen LogP) is 2.17. The monoisotopic (exact) mass is 370 g/mol. The van der Waals surface area contributed by atoms with Crippen molar-refractivity contribution in [2.75, 3.05) is 25.6 Å². The number of nitrogens with one attached hydrogen (secondary N) is 2. The van der Waals surface area contributed by atoms with Gasteiger partial charge >= 0.3 is 5.97 Å². The topological polar surface area (TPSA) is 93.7 Å². The Morgan fingerprint density at radius 1 is 1.00 bits per heavy atom. The Labute approximate surface area is 157 Å². The lowest BCUT2D eigenvalue weighted by Gasteiger charge is -2.09. The van der Waals surface area contributed by atoms with Crippen LogP contribution in [0.25, 0.3) is 0 Å². The highest BCUT2D eigenvalue weighted by Crippen LogP contribution is 2.13. The molecule has 0 aliphatic rings. The second-order valence-corrected chi connectivity index (χ2v) is 5.65. The smallest absolute Gasteiger partial charge is 0.344 e. The summed E-state index contributed by atoms with van der Waals surface area (Å²) in [5, 5.41) is 5.07. The summed E-state index contributed by atoms with van der Waals surface area (Å²) in [7, 11) is 1.52. The van der Waals surface area contributed by atoms with Gasteiger partial charge < -0.3 is 20.1 Å². The van der Waals surface area contributed by atoms with Gasteiger partial charge in [-0.05, 0) is 42.3 Å². The molecule has 0 saturated carbocycles. The number of anilines is 1. The summed E-state index contributed by atoms with van der Waals surface area (Å²) in [6.07, 6.45) is 0.920. The molecule has 2 rings (SSSR count). The molecule has 0 fully saturated rings. The molecule has 142 valence electrons. The number of ether oxygens (including phenoxy) is 2. The Morgan fingerprint density at radius 2 is 1.74 bits per heavy atom. The van der Waals surface area contributed by atoms with Crippen LogP contribution >= 0.6 is 0 Å². The standard InChI is InChI=1S/C20H22N2O5/c1-3-14-7-9-17(10-8-14)26-13-19(24)27-12-18(23)22-16-6-4-5-15(11-16)20(25)21-2/h4-11H,3,12-13H2,1-2H3,(H,21,25)(H,22,23). The minimum absolute atomic E-state index is 0.262. The molecule has 27 heavy (non-hydrogen) atoms. The van der Waals surface area contributed by atoms with Gasteiger partial charge in [-0.1, -0.05) is 25.1 Å². The van der Waals surface area contributed by atoms with E-state index in [2.05, 4.69) is 10.6 Å². The van der Waals surface area contributed by atoms with Crippen LogP contribution in [0.3, 0.4) is 0 Å². The van der Waals surface area contributed by atoms with E-state index >= 15 is 0 Å². The fraction of sp³-hybridized carbons (Fsp3) is 0.250. The van der Waals surface area contributed by atoms with E-state index in [1.807, 2.05) is 19.1 Å². The molecule has 2 aromatic carbocycles. The van der Waals surface area contributed by atoms with Gasteiger partial charge in [-0.3, -0.25) is 9.59 Å². The van der Waals surface area contributed by atoms with Gasteiger partial charge in [0.1, 0.15) is 5.75 Å². The minimum atomic E-state index is -0.649. The fourth-order valence-corrected chi connectivity index (χ4v) is 2.23. The van der Waals surface area contributed by atoms with Crippen molar-refractivity contribution in [3.63, 3.8) is 0 Å². The van der Waals surface area contributed by atoms with Crippen LogP contribution in [0.4, 0.5) is 5.69 Å². The molecule has 0 aromatic heterocycles. The number of amides is 2. The van der Waals surface area contributed by atoms with Gasteiger partial charge in [0.15, 0.2) is 13.2 Å². The van der Waals surface area contributed by atoms with Crippen LogP contribution in [-0.4, -0.2) is 38.0 Å². The summed E-state index contributed by atoms with van der Waals surface area (Å²) in [6.45, 7) is 1.32. The van der Waals surface area contributed by atoms with Crippen molar-refractivity contribution in [2.45, 2.75) is 13.3 Å². The average molecular weight is 370 g/mol. The van der Waals surface area contributed by atoms with Crippen LogP contribution < -0.4 is 15.4 Å². The normalized spacial score (nSPS) is 10.0. The van der Waals surface area contributed by atoms with E-state index in [4.69, 9.17) is 9.47 Å². The van der Waals surface area contributed by atoms with E-state index in [1.165, 1.54) is 18.7 Å². The Bertz CT molecular complexity index is 802. The summed E-state index contributed by atoms with van der Waals surface area (Å²) in [5.74, 6) is -0.866. The molecule has 2 N–H and O–H groups in total. The van der Waals surface area contributed by atoms with E-state index in [-0.39, 0.29) is 12.5 Å². The van der Waals surface area contributed by atoms with Crippen molar-refractivity contribution in [1.82, 2.24) is 5.32 Å². The van der Waals surface area contributed by atoms with E-state index in [0.29, 0.717) is 17.0 Å². The third-order valence-electron chi connectivity index (χ3n) is 3.69. The van der Waals surface area contributed by atoms with Crippen LogP contribution in [0, 0.1) is 0 Å². The summed E-state index contributed by atoms with van der Waals surface area (Å²) in [5.41, 5.74) is 2.02. The maximum absolute atomic E-state index is 11.9. The Kier molecular flexibility index (Phi) is 7.37. The molecule has 0 unspecified atom stereocenters. The van der Waals surface area contributed by atoms with E-state index in [9.17, 15) is 14.4 Å². The fourth-order valence-electron chi connectivity index (χ4n) is 2.23. The molecule has 0 bridgehead atoms. The zero-order chi connectivity index (χ0) is 19.6. The largest absolute Gasteiger partial charge is 0.482 e. The van der Waals surface area contributed by atoms with Crippen molar-refractivity contribution in [2.24, 2.45) is 0 Å². The van der Waals surface area contributed by atoms with E-state index in [0.717, 1.165) is 6.42 Å². The highest BCUT2D eigenvalue weighted by molar-refractivity contribution is 5.97. The third-order valence-corrected chi connectivity index (χ3v) is 3.69. The molecule has 0 aliphatic heterocycles. The molecule has 0 heterocycles. The zero-order valence-electron chi connectivity index (χ0n) is 15.3. The lowest BCUT2D eigenvalue weighted by atomic mass is 10.2. The zero-order valence-corrected chi connectivity index (χ0v) is 15.3. The maximum atomic E-state index is 11.9. The van der Waals surface area contributed by atoms with Crippen molar-refractivity contribution in [1.29, 1.82) is 0 Å². The third kappa shape index (κ3) is 6.47. The highest BCUT2D eigenvalue weighted by atomic mass is 16.6. The molecule has 2 aromatic rings. The summed E-state index contributed by atoms with van der Waals surface area (Å²) in [6, 6.07) is 13.8. The maximum Gasteiger partial charge on any atom is 0.344 e. The van der Waals surface area contributed by atoms with Gasteiger partial charge in [0.2, 0.25) is 0 Å². The number of aryl methyl sites for hydroxylation is 1. The lowest BCUT2D eigenvalue weighted by Crippen LogP contribution is -2.24. The first-order valence-corrected chi connectivity index (χ1v) is 8.51. The number of hydrogen-bond acceptors (Lipinski definition) is 5. The van der Waals surface area contributed by atoms with Crippen molar-refractivity contribution in [3.05, 3.63) is 59.7 Å². The van der Waals surface area contributed by atoms with Crippen molar-refractivity contribution >= 4 is 23.5 Å². The molecule has 0 spiro atoms. The number of carbonyl (C=O) groups excluding carboxylic acids is 3. The Morgan fingerprint density at radius 3 is 2.41 bits per heavy atom. The van der Waals surface area contributed by atoms with Gasteiger partial charge in [0.25, 0.3) is 11.8 Å². The average Bonchev–Trinajstić information content (AvgIpc) is 2.70. The molecule has 7 heteroatoms. The number of rotatable bonds is 8. The van der Waals surface area contributed by atoms with Gasteiger partial charge in [-0.15, -0.1) is 0 Å². The van der Waals surface area contributed by atoms with Crippen LogP contribution in [0.5, 0.6) is 5.75 Å². The van der Waals surface area contributed by atoms with Gasteiger partial charge in [-0.2, -0.15) is 0 Å². The minimum Gasteiger partial charge on any atom is -0.482 e. The number of esters is 1. The number of benzene rings is 2. The molecular weight excluding hydrogens is 348 g/mol. The molecule has 2 amide bonds. The summed E-state index contributed by atoms with van der Waals surface area (Å²) < 4.78 is 10.2. The van der Waals surface area contributed by atoms with Crippen molar-refractivity contribution in [3.8, 4) is 5.75 Å². The van der Waals surface area contributed by atoms with Gasteiger partial charge in [0, 0.05) is 18.3 Å². The first-order valence-electron chi connectivity index (χ1n) is 8.51. The quantitative estimate of drug-likeness (QED) is 0.695. The summed E-state index contributed by atoms with van der Waals surface area (Å²) in [4.78, 5) is 35.2. The first-order chi connectivity index (χ1) is 13.0. The number of carbonyl (C=O) groups is 3. The Hall–Kier alpha value is -3.35. The van der Waals surface area contributed by atoms with Crippen molar-refractivity contribution < 1.29 is 23.9 Å². The van der Waals surface area contributed by atoms with Crippen LogP contribution in [0.15, 0.2) is 48.5 Å². The lowest BCUT2D eigenvalue weighted by molar-refractivity contribution is -0.149. The first kappa shape index (κ1) is 20.0. The molecular formula is C20H22N2O5. The van der Waals surface area contributed by atoms with E-state index in [1.54, 1.807) is 30.3 Å². The Balaban J connectivity index is 1.76. The summed E-state index contributed by atoms with van der Waals surface area (Å²) >= 11 is 0. The van der Waals surface area contributed by atoms with E-state index < -0.39 is 18.5 Å². The SMILES string of the molecule is CCc1ccc(OCC(=O)OCC(=O)Nc2cccc(C(=O)NC)c2)cc1. The van der Waals surface area contributed by atoms with Gasteiger partial charge in [-0.25, -0.2) is 4.79 Å². The van der Waals surface area contributed by atoms with Crippen LogP contribution in [0.2, 0.25) is 0 Å². The molecule has 0 aliphatic carbocycles. The van der Waals surface area contributed by atoms with Crippen LogP contribution in [0.1, 0.15) is 22.8 Å². The molecule has 0 atom stereocenters. The highest BCUT2D eigenvalue weighted by Gasteiger charge is 2.10. The van der Waals surface area contributed by atoms with Crippen LogP contribution in [-0.2, 0) is 20.7 Å².